The van der Waals surface area contributed by atoms with E-state index in [1.807, 2.05) is 18.5 Å². The molecule has 0 saturated carbocycles. The second kappa shape index (κ2) is 5.73. The molecule has 22 heavy (non-hydrogen) atoms. The Balaban J connectivity index is 1.39. The maximum absolute atomic E-state index is 4.75. The molecule has 0 aliphatic carbocycles. The first kappa shape index (κ1) is 13.2. The van der Waals surface area contributed by atoms with E-state index >= 15 is 0 Å². The lowest BCUT2D eigenvalue weighted by Gasteiger charge is -2.36. The molecule has 3 aromatic rings. The van der Waals surface area contributed by atoms with Gasteiger partial charge in [-0.2, -0.15) is 0 Å². The highest BCUT2D eigenvalue weighted by atomic mass is 16.6. The van der Waals surface area contributed by atoms with Crippen molar-refractivity contribution in [1.82, 2.24) is 20.2 Å². The van der Waals surface area contributed by atoms with Gasteiger partial charge in [-0.05, 0) is 40.1 Å². The van der Waals surface area contributed by atoms with E-state index < -0.39 is 0 Å². The molecule has 1 aliphatic rings. The Morgan fingerprint density at radius 1 is 0.909 bits per heavy atom. The maximum atomic E-state index is 4.75. The van der Waals surface area contributed by atoms with Gasteiger partial charge >= 0.3 is 0 Å². The van der Waals surface area contributed by atoms with Crippen LogP contribution in [0, 0.1) is 0 Å². The number of benzene rings is 1. The van der Waals surface area contributed by atoms with Gasteiger partial charge in [-0.1, -0.05) is 6.07 Å². The third kappa shape index (κ3) is 2.65. The van der Waals surface area contributed by atoms with Crippen LogP contribution in [0.3, 0.4) is 0 Å². The fourth-order valence-electron chi connectivity index (χ4n) is 2.90. The number of piperazine rings is 1. The number of rotatable bonds is 3. The van der Waals surface area contributed by atoms with Crippen LogP contribution in [0.25, 0.3) is 11.0 Å². The molecule has 0 bridgehead atoms. The van der Waals surface area contributed by atoms with Crippen molar-refractivity contribution in [3.05, 3.63) is 48.3 Å². The normalized spacial score (nSPS) is 16.3. The van der Waals surface area contributed by atoms with Crippen LogP contribution < -0.4 is 4.90 Å². The Bertz CT molecular complexity index is 749. The molecule has 4 rings (SSSR count). The summed E-state index contributed by atoms with van der Waals surface area (Å²) in [7, 11) is 0. The summed E-state index contributed by atoms with van der Waals surface area (Å²) in [6.45, 7) is 5.12. The van der Waals surface area contributed by atoms with Gasteiger partial charge in [-0.15, -0.1) is 0 Å². The zero-order chi connectivity index (χ0) is 14.8. The first-order valence-electron chi connectivity index (χ1n) is 7.47. The van der Waals surface area contributed by atoms with E-state index in [1.165, 1.54) is 11.3 Å². The highest BCUT2D eigenvalue weighted by molar-refractivity contribution is 5.73. The van der Waals surface area contributed by atoms with E-state index in [-0.39, 0.29) is 0 Å². The molecule has 0 unspecified atom stereocenters. The van der Waals surface area contributed by atoms with Crippen molar-refractivity contribution < 1.29 is 4.63 Å². The predicted molar refractivity (Wildman–Crippen MR) is 83.5 cm³/mol. The summed E-state index contributed by atoms with van der Waals surface area (Å²) < 4.78 is 4.75. The SMILES string of the molecule is c1cc(N2CCN(Cc3ccc4nonc4c3)CC2)ccn1. The molecule has 0 N–H and O–H groups in total. The second-order valence-corrected chi connectivity index (χ2v) is 5.56. The fourth-order valence-corrected chi connectivity index (χ4v) is 2.90. The molecule has 0 amide bonds. The quantitative estimate of drug-likeness (QED) is 0.736. The Morgan fingerprint density at radius 2 is 1.68 bits per heavy atom. The number of fused-ring (bicyclic) bond motifs is 1. The highest BCUT2D eigenvalue weighted by Gasteiger charge is 2.17. The van der Waals surface area contributed by atoms with Gasteiger partial charge in [-0.3, -0.25) is 9.88 Å². The Hall–Kier alpha value is -2.47. The van der Waals surface area contributed by atoms with Crippen molar-refractivity contribution in [1.29, 1.82) is 0 Å². The van der Waals surface area contributed by atoms with Crippen molar-refractivity contribution >= 4 is 16.7 Å². The van der Waals surface area contributed by atoms with Crippen LogP contribution in [-0.2, 0) is 6.54 Å². The summed E-state index contributed by atoms with van der Waals surface area (Å²) in [5, 5.41) is 7.74. The zero-order valence-corrected chi connectivity index (χ0v) is 12.2. The topological polar surface area (TPSA) is 58.3 Å². The summed E-state index contributed by atoms with van der Waals surface area (Å²) in [6.07, 6.45) is 3.70. The monoisotopic (exact) mass is 295 g/mol. The predicted octanol–water partition coefficient (Wildman–Crippen LogP) is 1.94. The molecule has 1 aliphatic heterocycles. The molecule has 2 aromatic heterocycles. The lowest BCUT2D eigenvalue weighted by molar-refractivity contribution is 0.250. The molecule has 112 valence electrons. The first-order chi connectivity index (χ1) is 10.9. The van der Waals surface area contributed by atoms with Crippen molar-refractivity contribution in [3.8, 4) is 0 Å². The summed E-state index contributed by atoms with van der Waals surface area (Å²) in [5.41, 5.74) is 4.14. The summed E-state index contributed by atoms with van der Waals surface area (Å²) in [4.78, 5) is 8.95. The first-order valence-corrected chi connectivity index (χ1v) is 7.47. The van der Waals surface area contributed by atoms with E-state index in [0.29, 0.717) is 0 Å². The second-order valence-electron chi connectivity index (χ2n) is 5.56. The molecule has 6 heteroatoms. The average molecular weight is 295 g/mol. The van der Waals surface area contributed by atoms with Gasteiger partial charge in [0.05, 0.1) is 0 Å². The Labute approximate surface area is 128 Å². The molecule has 1 aromatic carbocycles. The van der Waals surface area contributed by atoms with E-state index in [9.17, 15) is 0 Å². The minimum Gasteiger partial charge on any atom is -0.369 e. The van der Waals surface area contributed by atoms with Gasteiger partial charge < -0.3 is 4.90 Å². The van der Waals surface area contributed by atoms with E-state index in [1.54, 1.807) is 0 Å². The fraction of sp³-hybridized carbons (Fsp3) is 0.312. The van der Waals surface area contributed by atoms with Crippen LogP contribution >= 0.6 is 0 Å². The zero-order valence-electron chi connectivity index (χ0n) is 12.2. The largest absolute Gasteiger partial charge is 0.369 e. The maximum Gasteiger partial charge on any atom is 0.135 e. The summed E-state index contributed by atoms with van der Waals surface area (Å²) in [6, 6.07) is 10.3. The molecule has 0 atom stereocenters. The van der Waals surface area contributed by atoms with Crippen molar-refractivity contribution in [2.24, 2.45) is 0 Å². The van der Waals surface area contributed by atoms with E-state index in [0.717, 1.165) is 43.8 Å². The molecule has 0 spiro atoms. The number of hydrogen-bond donors (Lipinski definition) is 0. The molecule has 3 heterocycles. The highest BCUT2D eigenvalue weighted by Crippen LogP contribution is 2.17. The average Bonchev–Trinajstić information content (AvgIpc) is 3.04. The van der Waals surface area contributed by atoms with Crippen molar-refractivity contribution in [2.75, 3.05) is 31.1 Å². The van der Waals surface area contributed by atoms with Gasteiger partial charge in [0, 0.05) is 50.8 Å². The van der Waals surface area contributed by atoms with Gasteiger partial charge in [0.1, 0.15) is 11.0 Å². The van der Waals surface area contributed by atoms with Gasteiger partial charge in [0.25, 0.3) is 0 Å². The molecule has 0 radical (unpaired) electrons. The van der Waals surface area contributed by atoms with Crippen LogP contribution in [-0.4, -0.2) is 46.4 Å². The van der Waals surface area contributed by atoms with Crippen molar-refractivity contribution in [2.45, 2.75) is 6.54 Å². The molecule has 6 nitrogen and oxygen atoms in total. The number of hydrogen-bond acceptors (Lipinski definition) is 6. The van der Waals surface area contributed by atoms with Gasteiger partial charge in [0.2, 0.25) is 0 Å². The third-order valence-electron chi connectivity index (χ3n) is 4.12. The van der Waals surface area contributed by atoms with Crippen molar-refractivity contribution in [3.63, 3.8) is 0 Å². The van der Waals surface area contributed by atoms with Gasteiger partial charge in [0.15, 0.2) is 0 Å². The Kier molecular flexibility index (Phi) is 3.44. The lowest BCUT2D eigenvalue weighted by atomic mass is 10.1. The lowest BCUT2D eigenvalue weighted by Crippen LogP contribution is -2.45. The molecule has 1 fully saturated rings. The van der Waals surface area contributed by atoms with Gasteiger partial charge in [-0.25, -0.2) is 4.63 Å². The smallest absolute Gasteiger partial charge is 0.135 e. The molecule has 1 saturated heterocycles. The third-order valence-corrected chi connectivity index (χ3v) is 4.12. The van der Waals surface area contributed by atoms with Crippen LogP contribution in [0.1, 0.15) is 5.56 Å². The minimum atomic E-state index is 0.811. The van der Waals surface area contributed by atoms with Crippen LogP contribution in [0.5, 0.6) is 0 Å². The van der Waals surface area contributed by atoms with Crippen LogP contribution in [0.15, 0.2) is 47.4 Å². The molecular formula is C16H17N5O. The number of nitrogens with zero attached hydrogens (tertiary/aromatic N) is 5. The van der Waals surface area contributed by atoms with E-state index in [4.69, 9.17) is 4.63 Å². The molecular weight excluding hydrogens is 278 g/mol. The standard InChI is InChI=1S/C16H17N5O/c1-2-15-16(19-22-18-15)11-13(1)12-20-7-9-21(10-8-20)14-3-5-17-6-4-14/h1-6,11H,7-10,12H2. The summed E-state index contributed by atoms with van der Waals surface area (Å²) in [5.74, 6) is 0. The number of anilines is 1. The number of pyridine rings is 1. The van der Waals surface area contributed by atoms with E-state index in [2.05, 4.69) is 49.4 Å². The summed E-state index contributed by atoms with van der Waals surface area (Å²) >= 11 is 0. The Morgan fingerprint density at radius 3 is 2.50 bits per heavy atom. The van der Waals surface area contributed by atoms with Crippen LogP contribution in [0.2, 0.25) is 0 Å². The number of aromatic nitrogens is 3. The minimum absolute atomic E-state index is 0.811. The van der Waals surface area contributed by atoms with Crippen LogP contribution in [0.4, 0.5) is 5.69 Å².